The summed E-state index contributed by atoms with van der Waals surface area (Å²) in [6, 6.07) is 15.7. The predicted octanol–water partition coefficient (Wildman–Crippen LogP) is 3.97. The molecule has 0 unspecified atom stereocenters. The number of aromatic nitrogens is 1. The summed E-state index contributed by atoms with van der Waals surface area (Å²) in [5.41, 5.74) is 9.15. The van der Waals surface area contributed by atoms with E-state index in [1.54, 1.807) is 18.2 Å². The highest BCUT2D eigenvalue weighted by atomic mass is 16.5. The van der Waals surface area contributed by atoms with E-state index in [0.717, 1.165) is 11.3 Å². The van der Waals surface area contributed by atoms with Gasteiger partial charge in [-0.1, -0.05) is 12.1 Å². The molecule has 0 aliphatic heterocycles. The summed E-state index contributed by atoms with van der Waals surface area (Å²) < 4.78 is 8.12. The van der Waals surface area contributed by atoms with Crippen molar-refractivity contribution >= 4 is 10.9 Å². The normalized spacial score (nSPS) is 11.3. The number of nitrogens with zero attached hydrogens (tertiary/aromatic N) is 1. The van der Waals surface area contributed by atoms with Crippen molar-refractivity contribution < 1.29 is 9.84 Å². The summed E-state index contributed by atoms with van der Waals surface area (Å²) in [4.78, 5) is 0. The molecule has 0 aliphatic rings. The Morgan fingerprint density at radius 3 is 2.65 bits per heavy atom. The van der Waals surface area contributed by atoms with Crippen molar-refractivity contribution in [2.75, 3.05) is 0 Å². The molecule has 0 saturated carbocycles. The molecule has 3 N–H and O–H groups in total. The number of rotatable bonds is 5. The Labute approximate surface area is 136 Å². The lowest BCUT2D eigenvalue weighted by Crippen LogP contribution is -2.08. The molecule has 0 bridgehead atoms. The number of ether oxygens (including phenoxy) is 1. The van der Waals surface area contributed by atoms with Crippen LogP contribution in [0.25, 0.3) is 10.9 Å². The molecule has 3 rings (SSSR count). The van der Waals surface area contributed by atoms with Gasteiger partial charge in [-0.05, 0) is 49.7 Å². The van der Waals surface area contributed by atoms with Crippen molar-refractivity contribution in [3.8, 4) is 11.5 Å². The van der Waals surface area contributed by atoms with Crippen LogP contribution in [0.15, 0.2) is 48.5 Å². The van der Waals surface area contributed by atoms with Gasteiger partial charge < -0.3 is 20.1 Å². The van der Waals surface area contributed by atoms with E-state index >= 15 is 0 Å². The zero-order valence-corrected chi connectivity index (χ0v) is 13.5. The summed E-state index contributed by atoms with van der Waals surface area (Å²) in [7, 11) is 0. The van der Waals surface area contributed by atoms with Crippen LogP contribution in [0.4, 0.5) is 0 Å². The molecule has 4 heteroatoms. The van der Waals surface area contributed by atoms with Gasteiger partial charge in [-0.25, -0.2) is 0 Å². The Hall–Kier alpha value is -2.46. The van der Waals surface area contributed by atoms with Crippen molar-refractivity contribution in [2.45, 2.75) is 33.0 Å². The molecule has 0 radical (unpaired) electrons. The highest BCUT2D eigenvalue weighted by Gasteiger charge is 2.12. The van der Waals surface area contributed by atoms with Crippen molar-refractivity contribution in [3.05, 3.63) is 59.8 Å². The van der Waals surface area contributed by atoms with Crippen molar-refractivity contribution in [3.63, 3.8) is 0 Å². The molecule has 0 fully saturated rings. The maximum atomic E-state index is 9.53. The zero-order valence-electron chi connectivity index (χ0n) is 13.5. The fraction of sp³-hybridized carbons (Fsp3) is 0.263. The zero-order chi connectivity index (χ0) is 16.4. The van der Waals surface area contributed by atoms with Crippen LogP contribution >= 0.6 is 0 Å². The SMILES string of the molecule is CC(C)n1c(COc2cccc(O)c2)cc2cc(CN)ccc21. The van der Waals surface area contributed by atoms with E-state index in [2.05, 4.69) is 42.7 Å². The smallest absolute Gasteiger partial charge is 0.128 e. The number of hydrogen-bond donors (Lipinski definition) is 2. The molecule has 0 spiro atoms. The number of phenols is 1. The van der Waals surface area contributed by atoms with E-state index in [-0.39, 0.29) is 5.75 Å². The standard InChI is InChI=1S/C19H22N2O2/c1-13(2)21-16(12-23-18-5-3-4-17(22)10-18)9-15-8-14(11-20)6-7-19(15)21/h3-10,13,22H,11-12,20H2,1-2H3. The summed E-state index contributed by atoms with van der Waals surface area (Å²) in [5, 5.41) is 10.7. The lowest BCUT2D eigenvalue weighted by atomic mass is 10.1. The summed E-state index contributed by atoms with van der Waals surface area (Å²) in [5.74, 6) is 0.868. The van der Waals surface area contributed by atoms with Gasteiger partial charge in [0.2, 0.25) is 0 Å². The van der Waals surface area contributed by atoms with Gasteiger partial charge in [0.15, 0.2) is 0 Å². The average Bonchev–Trinajstić information content (AvgIpc) is 2.90. The molecular weight excluding hydrogens is 288 g/mol. The number of benzene rings is 2. The largest absolute Gasteiger partial charge is 0.508 e. The van der Waals surface area contributed by atoms with Crippen molar-refractivity contribution in [1.82, 2.24) is 4.57 Å². The van der Waals surface area contributed by atoms with Crippen LogP contribution in [-0.4, -0.2) is 9.67 Å². The number of aromatic hydroxyl groups is 1. The first kappa shape index (κ1) is 15.4. The van der Waals surface area contributed by atoms with Gasteiger partial charge in [0.25, 0.3) is 0 Å². The van der Waals surface area contributed by atoms with E-state index in [1.807, 2.05) is 6.07 Å². The van der Waals surface area contributed by atoms with Gasteiger partial charge in [-0.15, -0.1) is 0 Å². The quantitative estimate of drug-likeness (QED) is 0.749. The maximum absolute atomic E-state index is 9.53. The molecule has 2 aromatic carbocycles. The van der Waals surface area contributed by atoms with Crippen LogP contribution in [0.2, 0.25) is 0 Å². The molecule has 120 valence electrons. The molecule has 23 heavy (non-hydrogen) atoms. The fourth-order valence-electron chi connectivity index (χ4n) is 2.92. The summed E-state index contributed by atoms with van der Waals surface area (Å²) in [6.07, 6.45) is 0. The lowest BCUT2D eigenvalue weighted by Gasteiger charge is -2.15. The highest BCUT2D eigenvalue weighted by Crippen LogP contribution is 2.27. The summed E-state index contributed by atoms with van der Waals surface area (Å²) in [6.45, 7) is 5.31. The predicted molar refractivity (Wildman–Crippen MR) is 92.7 cm³/mol. The monoisotopic (exact) mass is 310 g/mol. The van der Waals surface area contributed by atoms with Gasteiger partial charge in [0.1, 0.15) is 18.1 Å². The average molecular weight is 310 g/mol. The third-order valence-electron chi connectivity index (χ3n) is 3.94. The number of phenolic OH excluding ortho intramolecular Hbond substituents is 1. The van der Waals surface area contributed by atoms with Gasteiger partial charge >= 0.3 is 0 Å². The first-order valence-electron chi connectivity index (χ1n) is 7.83. The van der Waals surface area contributed by atoms with Crippen LogP contribution in [-0.2, 0) is 13.2 Å². The van der Waals surface area contributed by atoms with Crippen LogP contribution in [0.3, 0.4) is 0 Å². The molecule has 1 aromatic heterocycles. The van der Waals surface area contributed by atoms with Crippen LogP contribution in [0.5, 0.6) is 11.5 Å². The highest BCUT2D eigenvalue weighted by molar-refractivity contribution is 5.82. The first-order chi connectivity index (χ1) is 11.1. The summed E-state index contributed by atoms with van der Waals surface area (Å²) >= 11 is 0. The van der Waals surface area contributed by atoms with Gasteiger partial charge in [0, 0.05) is 29.6 Å². The maximum Gasteiger partial charge on any atom is 0.128 e. The van der Waals surface area contributed by atoms with Gasteiger partial charge in [-0.2, -0.15) is 0 Å². The Balaban J connectivity index is 1.94. The van der Waals surface area contributed by atoms with E-state index in [4.69, 9.17) is 10.5 Å². The Bertz CT molecular complexity index is 821. The second-order valence-electron chi connectivity index (χ2n) is 5.98. The Morgan fingerprint density at radius 1 is 1.13 bits per heavy atom. The third-order valence-corrected chi connectivity index (χ3v) is 3.94. The molecular formula is C19H22N2O2. The Morgan fingerprint density at radius 2 is 1.96 bits per heavy atom. The molecule has 0 atom stereocenters. The van der Waals surface area contributed by atoms with Crippen LogP contribution in [0, 0.1) is 0 Å². The van der Waals surface area contributed by atoms with E-state index in [9.17, 15) is 5.11 Å². The molecule has 0 amide bonds. The minimum atomic E-state index is 0.208. The number of fused-ring (bicyclic) bond motifs is 1. The fourth-order valence-corrected chi connectivity index (χ4v) is 2.92. The van der Waals surface area contributed by atoms with E-state index < -0.39 is 0 Å². The second-order valence-corrected chi connectivity index (χ2v) is 5.98. The van der Waals surface area contributed by atoms with E-state index in [1.165, 1.54) is 10.9 Å². The van der Waals surface area contributed by atoms with Gasteiger partial charge in [0.05, 0.1) is 5.69 Å². The number of hydrogen-bond acceptors (Lipinski definition) is 3. The van der Waals surface area contributed by atoms with E-state index in [0.29, 0.717) is 24.9 Å². The minimum absolute atomic E-state index is 0.208. The molecule has 3 aromatic rings. The Kier molecular flexibility index (Phi) is 4.26. The number of nitrogens with two attached hydrogens (primary N) is 1. The first-order valence-corrected chi connectivity index (χ1v) is 7.83. The topological polar surface area (TPSA) is 60.4 Å². The third kappa shape index (κ3) is 3.17. The van der Waals surface area contributed by atoms with Gasteiger partial charge in [-0.3, -0.25) is 0 Å². The minimum Gasteiger partial charge on any atom is -0.508 e. The lowest BCUT2D eigenvalue weighted by molar-refractivity contribution is 0.291. The van der Waals surface area contributed by atoms with Crippen LogP contribution in [0.1, 0.15) is 31.1 Å². The molecule has 0 saturated heterocycles. The molecule has 1 heterocycles. The molecule has 0 aliphatic carbocycles. The second kappa shape index (κ2) is 6.34. The van der Waals surface area contributed by atoms with Crippen molar-refractivity contribution in [2.24, 2.45) is 5.73 Å². The van der Waals surface area contributed by atoms with Crippen molar-refractivity contribution in [1.29, 1.82) is 0 Å². The molecule has 4 nitrogen and oxygen atoms in total. The van der Waals surface area contributed by atoms with Crippen LogP contribution < -0.4 is 10.5 Å².